The number of hydrogen-bond acceptors (Lipinski definition) is 7. The van der Waals surface area contributed by atoms with Crippen LogP contribution in [-0.2, 0) is 22.6 Å². The largest absolute Gasteiger partial charge is 0.465 e. The fourth-order valence-electron chi connectivity index (χ4n) is 1.72. The van der Waals surface area contributed by atoms with Gasteiger partial charge in [-0.05, 0) is 28.1 Å². The van der Waals surface area contributed by atoms with Gasteiger partial charge >= 0.3 is 6.09 Å². The van der Waals surface area contributed by atoms with Gasteiger partial charge in [0.2, 0.25) is 5.91 Å². The second-order valence-electron chi connectivity index (χ2n) is 4.60. The Balaban J connectivity index is 2.12. The van der Waals surface area contributed by atoms with E-state index in [1.165, 1.54) is 16.7 Å². The molecule has 0 aliphatic rings. The molecular formula is C13H12BrN3O5S2. The first-order valence-corrected chi connectivity index (χ1v) is 8.98. The summed E-state index contributed by atoms with van der Waals surface area (Å²) >= 11 is 5.79. The molecule has 8 nitrogen and oxygen atoms in total. The molecule has 0 bridgehead atoms. The summed E-state index contributed by atoms with van der Waals surface area (Å²) in [4.78, 5) is 40.0. The number of imide groups is 1. The number of hydroxylamine groups is 2. The maximum atomic E-state index is 11.6. The summed E-state index contributed by atoms with van der Waals surface area (Å²) in [7, 11) is 0. The van der Waals surface area contributed by atoms with Crippen molar-refractivity contribution in [2.45, 2.75) is 19.9 Å². The number of anilines is 1. The zero-order valence-electron chi connectivity index (χ0n) is 12.3. The highest BCUT2D eigenvalue weighted by molar-refractivity contribution is 9.11. The Morgan fingerprint density at radius 3 is 2.58 bits per heavy atom. The van der Waals surface area contributed by atoms with Gasteiger partial charge in [0, 0.05) is 17.2 Å². The van der Waals surface area contributed by atoms with Gasteiger partial charge in [-0.3, -0.25) is 14.8 Å². The van der Waals surface area contributed by atoms with Crippen molar-refractivity contribution in [1.82, 2.24) is 10.0 Å². The molecule has 0 saturated carbocycles. The summed E-state index contributed by atoms with van der Waals surface area (Å²) in [6.07, 6.45) is -1.47. The van der Waals surface area contributed by atoms with Crippen molar-refractivity contribution in [3.8, 4) is 0 Å². The van der Waals surface area contributed by atoms with E-state index in [9.17, 15) is 24.7 Å². The predicted molar refractivity (Wildman–Crippen MR) is 91.4 cm³/mol. The van der Waals surface area contributed by atoms with E-state index in [2.05, 4.69) is 20.9 Å². The Kier molecular flexibility index (Phi) is 6.04. The van der Waals surface area contributed by atoms with Crippen LogP contribution in [0.25, 0.3) is 0 Å². The van der Waals surface area contributed by atoms with Crippen LogP contribution in [0, 0.1) is 0 Å². The van der Waals surface area contributed by atoms with Gasteiger partial charge in [0.1, 0.15) is 0 Å². The first-order chi connectivity index (χ1) is 11.3. The number of amides is 3. The van der Waals surface area contributed by atoms with Crippen molar-refractivity contribution in [2.75, 3.05) is 4.90 Å². The number of thiazole rings is 1. The molecule has 0 radical (unpaired) electrons. The molecule has 2 aromatic heterocycles. The summed E-state index contributed by atoms with van der Waals surface area (Å²) in [6, 6.07) is 3.63. The first kappa shape index (κ1) is 18.5. The highest BCUT2D eigenvalue weighted by atomic mass is 79.9. The number of thiophene rings is 1. The van der Waals surface area contributed by atoms with Gasteiger partial charge in [0.25, 0.3) is 5.91 Å². The summed E-state index contributed by atoms with van der Waals surface area (Å²) in [5.41, 5.74) is 0.277. The van der Waals surface area contributed by atoms with E-state index in [1.54, 1.807) is 6.07 Å². The van der Waals surface area contributed by atoms with Gasteiger partial charge in [-0.25, -0.2) is 14.7 Å². The van der Waals surface area contributed by atoms with Crippen molar-refractivity contribution in [1.29, 1.82) is 0 Å². The van der Waals surface area contributed by atoms with Gasteiger partial charge in [-0.1, -0.05) is 0 Å². The lowest BCUT2D eigenvalue weighted by Crippen LogP contribution is -2.33. The molecule has 24 heavy (non-hydrogen) atoms. The summed E-state index contributed by atoms with van der Waals surface area (Å²) in [5.74, 6) is -1.63. The van der Waals surface area contributed by atoms with Crippen LogP contribution in [-0.4, -0.2) is 38.3 Å². The van der Waals surface area contributed by atoms with Crippen LogP contribution >= 0.6 is 38.6 Å². The Morgan fingerprint density at radius 2 is 2.04 bits per heavy atom. The monoisotopic (exact) mass is 433 g/mol. The molecule has 2 N–H and O–H groups in total. The van der Waals surface area contributed by atoms with Crippen LogP contribution in [0.5, 0.6) is 0 Å². The lowest BCUT2D eigenvalue weighted by atomic mass is 10.3. The minimum atomic E-state index is -1.17. The van der Waals surface area contributed by atoms with Gasteiger partial charge in [0.15, 0.2) is 5.13 Å². The predicted octanol–water partition coefficient (Wildman–Crippen LogP) is 2.96. The van der Waals surface area contributed by atoms with Gasteiger partial charge < -0.3 is 5.11 Å². The average Bonchev–Trinajstić information content (AvgIpc) is 3.12. The average molecular weight is 434 g/mol. The van der Waals surface area contributed by atoms with Crippen molar-refractivity contribution >= 4 is 61.6 Å². The highest BCUT2D eigenvalue weighted by Crippen LogP contribution is 2.27. The zero-order valence-corrected chi connectivity index (χ0v) is 15.5. The van der Waals surface area contributed by atoms with Crippen LogP contribution in [0.2, 0.25) is 0 Å². The Morgan fingerprint density at radius 1 is 1.33 bits per heavy atom. The van der Waals surface area contributed by atoms with Crippen LogP contribution in [0.4, 0.5) is 9.93 Å². The molecule has 2 rings (SSSR count). The molecule has 128 valence electrons. The Bertz CT molecular complexity index is 775. The maximum Gasteiger partial charge on any atom is 0.413 e. The number of carboxylic acid groups (broad SMARTS) is 1. The lowest BCUT2D eigenvalue weighted by molar-refractivity contribution is -0.176. The van der Waals surface area contributed by atoms with E-state index in [0.29, 0.717) is 0 Å². The Labute approximate surface area is 153 Å². The van der Waals surface area contributed by atoms with E-state index < -0.39 is 17.9 Å². The van der Waals surface area contributed by atoms with Gasteiger partial charge in [-0.2, -0.15) is 5.06 Å². The van der Waals surface area contributed by atoms with Crippen molar-refractivity contribution in [2.24, 2.45) is 0 Å². The Hall–Kier alpha value is -1.82. The van der Waals surface area contributed by atoms with E-state index in [-0.39, 0.29) is 28.9 Å². The molecule has 0 aliphatic heterocycles. The van der Waals surface area contributed by atoms with E-state index in [0.717, 1.165) is 31.8 Å². The molecular weight excluding hydrogens is 422 g/mol. The van der Waals surface area contributed by atoms with Crippen LogP contribution in [0.1, 0.15) is 17.5 Å². The third kappa shape index (κ3) is 4.60. The third-order valence-electron chi connectivity index (χ3n) is 2.81. The maximum absolute atomic E-state index is 11.6. The molecule has 0 aliphatic carbocycles. The van der Waals surface area contributed by atoms with E-state index >= 15 is 0 Å². The molecule has 0 unspecified atom stereocenters. The molecule has 3 amide bonds. The van der Waals surface area contributed by atoms with E-state index in [1.807, 2.05) is 6.07 Å². The van der Waals surface area contributed by atoms with Crippen molar-refractivity contribution in [3.05, 3.63) is 31.9 Å². The molecule has 0 aromatic carbocycles. The number of carbonyl (C=O) groups is 3. The van der Waals surface area contributed by atoms with Crippen LogP contribution < -0.4 is 4.90 Å². The number of rotatable bonds is 5. The second-order valence-corrected chi connectivity index (χ2v) is 7.98. The number of carbonyl (C=O) groups excluding carboxylic acids is 2. The number of aromatic nitrogens is 1. The molecule has 0 spiro atoms. The van der Waals surface area contributed by atoms with Gasteiger partial charge in [0.05, 0.1) is 22.4 Å². The molecule has 2 aromatic rings. The molecule has 0 fully saturated rings. The fourth-order valence-corrected chi connectivity index (χ4v) is 4.01. The van der Waals surface area contributed by atoms with Crippen LogP contribution in [0.3, 0.4) is 0 Å². The summed E-state index contributed by atoms with van der Waals surface area (Å²) in [5, 5.41) is 20.4. The van der Waals surface area contributed by atoms with Gasteiger partial charge in [-0.15, -0.1) is 22.7 Å². The third-order valence-corrected chi connectivity index (χ3v) is 5.33. The van der Waals surface area contributed by atoms with E-state index in [4.69, 9.17) is 0 Å². The summed E-state index contributed by atoms with van der Waals surface area (Å²) in [6.45, 7) is 1.18. The topological polar surface area (TPSA) is 111 Å². The number of hydrogen-bond donors (Lipinski definition) is 2. The lowest BCUT2D eigenvalue weighted by Gasteiger charge is -2.14. The standard InChI is InChI=1S/C13H12BrN3O5S2/c1-7(18)17(22)11(19)4-8-6-23-12(15-8)16(13(20)21)5-9-2-3-10(14)24-9/h2-3,6,22H,4-5H2,1H3,(H,20,21). The SMILES string of the molecule is CC(=O)N(O)C(=O)Cc1csc(N(Cc2ccc(Br)s2)C(=O)O)n1. The normalized spacial score (nSPS) is 10.5. The summed E-state index contributed by atoms with van der Waals surface area (Å²) < 4.78 is 0.889. The molecule has 11 heteroatoms. The molecule has 0 saturated heterocycles. The number of nitrogens with zero attached hydrogens (tertiary/aromatic N) is 3. The minimum Gasteiger partial charge on any atom is -0.465 e. The fraction of sp³-hybridized carbons (Fsp3) is 0.231. The second kappa shape index (κ2) is 7.83. The first-order valence-electron chi connectivity index (χ1n) is 6.49. The number of halogens is 1. The minimum absolute atomic E-state index is 0.0111. The molecule has 2 heterocycles. The van der Waals surface area contributed by atoms with Crippen molar-refractivity contribution < 1.29 is 24.7 Å². The highest BCUT2D eigenvalue weighted by Gasteiger charge is 2.22. The van der Waals surface area contributed by atoms with Crippen LogP contribution in [0.15, 0.2) is 21.3 Å². The smallest absolute Gasteiger partial charge is 0.413 e. The van der Waals surface area contributed by atoms with Crippen molar-refractivity contribution in [3.63, 3.8) is 0 Å². The molecule has 0 atom stereocenters. The zero-order chi connectivity index (χ0) is 17.9. The quantitative estimate of drug-likeness (QED) is 0.553.